The number of hydrogen-bond acceptors (Lipinski definition) is 1. The first-order valence-electron chi connectivity index (χ1n) is 4.29. The van der Waals surface area contributed by atoms with Crippen LogP contribution in [0.1, 0.15) is 33.1 Å². The molecule has 0 fully saturated rings. The van der Waals surface area contributed by atoms with Crippen LogP contribution < -0.4 is 0 Å². The second-order valence-electron chi connectivity index (χ2n) is 2.86. The zero-order valence-electron chi connectivity index (χ0n) is 7.59. The van der Waals surface area contributed by atoms with Crippen LogP contribution in [0.25, 0.3) is 0 Å². The first kappa shape index (κ1) is 11.8. The van der Waals surface area contributed by atoms with Gasteiger partial charge in [0.05, 0.1) is 5.92 Å². The molecule has 2 unspecified atom stereocenters. The Kier molecular flexibility index (Phi) is 6.17. The number of aliphatic carboxylic acids is 1. The van der Waals surface area contributed by atoms with Crippen LogP contribution in [0.5, 0.6) is 0 Å². The molecule has 0 aliphatic rings. The summed E-state index contributed by atoms with van der Waals surface area (Å²) in [6, 6.07) is 0. The molecule has 0 aromatic rings. The molecule has 1 radical (unpaired) electrons. The molecule has 2 atom stereocenters. The van der Waals surface area contributed by atoms with E-state index in [4.69, 9.17) is 16.7 Å². The molecule has 0 saturated carbocycles. The molecule has 0 aliphatic heterocycles. The van der Waals surface area contributed by atoms with E-state index in [1.165, 1.54) is 0 Å². The van der Waals surface area contributed by atoms with Crippen molar-refractivity contribution in [2.75, 3.05) is 0 Å². The summed E-state index contributed by atoms with van der Waals surface area (Å²) in [6.07, 6.45) is 4.47. The van der Waals surface area contributed by atoms with Crippen LogP contribution in [-0.4, -0.2) is 16.5 Å². The molecule has 0 spiro atoms. The maximum atomic E-state index is 10.6. The van der Waals surface area contributed by atoms with Crippen LogP contribution in [0.15, 0.2) is 0 Å². The number of halogens is 1. The lowest BCUT2D eigenvalue weighted by atomic mass is 9.98. The van der Waals surface area contributed by atoms with Crippen LogP contribution in [0.2, 0.25) is 0 Å². The largest absolute Gasteiger partial charge is 0.481 e. The molecule has 0 aliphatic carbocycles. The number of carbonyl (C=O) groups is 1. The van der Waals surface area contributed by atoms with Crippen molar-refractivity contribution in [1.82, 2.24) is 0 Å². The lowest BCUT2D eigenvalue weighted by Crippen LogP contribution is -2.23. The van der Waals surface area contributed by atoms with E-state index in [1.807, 2.05) is 0 Å². The molecule has 0 heterocycles. The number of carboxylic acids is 1. The van der Waals surface area contributed by atoms with Crippen molar-refractivity contribution >= 4 is 17.6 Å². The number of rotatable bonds is 6. The fourth-order valence-corrected chi connectivity index (χ4v) is 1.49. The maximum absolute atomic E-state index is 10.6. The monoisotopic (exact) mass is 191 g/mol. The summed E-state index contributed by atoms with van der Waals surface area (Å²) in [5.74, 6) is -1.33. The van der Waals surface area contributed by atoms with E-state index in [9.17, 15) is 4.79 Å². The van der Waals surface area contributed by atoms with Crippen LogP contribution in [0.3, 0.4) is 0 Å². The van der Waals surface area contributed by atoms with E-state index in [-0.39, 0.29) is 5.38 Å². The summed E-state index contributed by atoms with van der Waals surface area (Å²) in [6.45, 7) is 3.80. The fourth-order valence-electron chi connectivity index (χ4n) is 1.08. The van der Waals surface area contributed by atoms with Gasteiger partial charge in [0.15, 0.2) is 0 Å². The first-order chi connectivity index (χ1) is 5.63. The van der Waals surface area contributed by atoms with Gasteiger partial charge in [-0.3, -0.25) is 4.79 Å². The Labute approximate surface area is 78.9 Å². The van der Waals surface area contributed by atoms with Gasteiger partial charge in [-0.2, -0.15) is 0 Å². The average Bonchev–Trinajstić information content (AvgIpc) is 2.01. The Morgan fingerprint density at radius 1 is 1.67 bits per heavy atom. The zero-order chi connectivity index (χ0) is 9.56. The summed E-state index contributed by atoms with van der Waals surface area (Å²) in [5, 5.41) is 8.47. The summed E-state index contributed by atoms with van der Waals surface area (Å²) in [5.41, 5.74) is 0. The summed E-state index contributed by atoms with van der Waals surface area (Å²) in [7, 11) is 0. The summed E-state index contributed by atoms with van der Waals surface area (Å²) < 4.78 is 0. The smallest absolute Gasteiger partial charge is 0.308 e. The second kappa shape index (κ2) is 6.30. The molecule has 0 aromatic heterocycles. The first-order valence-corrected chi connectivity index (χ1v) is 4.73. The van der Waals surface area contributed by atoms with Gasteiger partial charge in [0, 0.05) is 5.38 Å². The van der Waals surface area contributed by atoms with E-state index in [1.54, 1.807) is 13.3 Å². The normalized spacial score (nSPS) is 15.6. The number of alkyl halides is 1. The van der Waals surface area contributed by atoms with Crippen LogP contribution in [0, 0.1) is 12.3 Å². The van der Waals surface area contributed by atoms with Crippen molar-refractivity contribution in [3.8, 4) is 0 Å². The molecule has 71 valence electrons. The molecule has 12 heavy (non-hydrogen) atoms. The van der Waals surface area contributed by atoms with Crippen molar-refractivity contribution in [3.63, 3.8) is 0 Å². The van der Waals surface area contributed by atoms with Crippen molar-refractivity contribution in [2.24, 2.45) is 5.92 Å². The van der Waals surface area contributed by atoms with Crippen molar-refractivity contribution in [3.05, 3.63) is 6.42 Å². The van der Waals surface area contributed by atoms with Crippen molar-refractivity contribution < 1.29 is 9.90 Å². The molecular formula is C9H16ClO2. The summed E-state index contributed by atoms with van der Waals surface area (Å²) >= 11 is 5.91. The fraction of sp³-hybridized carbons (Fsp3) is 0.778. The topological polar surface area (TPSA) is 37.3 Å². The van der Waals surface area contributed by atoms with E-state index < -0.39 is 11.9 Å². The Morgan fingerprint density at radius 3 is 2.58 bits per heavy atom. The Hall–Kier alpha value is -0.240. The minimum absolute atomic E-state index is 0.257. The molecule has 0 bridgehead atoms. The van der Waals surface area contributed by atoms with Gasteiger partial charge >= 0.3 is 5.97 Å². The predicted octanol–water partition coefficient (Wildman–Crippen LogP) is 2.71. The highest BCUT2D eigenvalue weighted by Gasteiger charge is 2.23. The highest BCUT2D eigenvalue weighted by atomic mass is 35.5. The van der Waals surface area contributed by atoms with Gasteiger partial charge in [0.2, 0.25) is 0 Å². The zero-order valence-corrected chi connectivity index (χ0v) is 8.34. The quantitative estimate of drug-likeness (QED) is 0.656. The van der Waals surface area contributed by atoms with Crippen LogP contribution >= 0.6 is 11.6 Å². The van der Waals surface area contributed by atoms with Gasteiger partial charge in [0.25, 0.3) is 0 Å². The maximum Gasteiger partial charge on any atom is 0.308 e. The van der Waals surface area contributed by atoms with E-state index in [0.717, 1.165) is 19.3 Å². The minimum atomic E-state index is -0.825. The minimum Gasteiger partial charge on any atom is -0.481 e. The lowest BCUT2D eigenvalue weighted by Gasteiger charge is -2.15. The Morgan fingerprint density at radius 2 is 2.25 bits per heavy atom. The molecule has 0 rings (SSSR count). The third-order valence-electron chi connectivity index (χ3n) is 1.87. The molecule has 0 saturated heterocycles. The average molecular weight is 192 g/mol. The molecule has 1 N–H and O–H groups in total. The highest BCUT2D eigenvalue weighted by molar-refractivity contribution is 6.22. The van der Waals surface area contributed by atoms with Crippen LogP contribution in [-0.2, 0) is 4.79 Å². The summed E-state index contributed by atoms with van der Waals surface area (Å²) in [4.78, 5) is 10.6. The van der Waals surface area contributed by atoms with Gasteiger partial charge in [-0.25, -0.2) is 0 Å². The predicted molar refractivity (Wildman–Crippen MR) is 50.3 cm³/mol. The molecule has 3 heteroatoms. The van der Waals surface area contributed by atoms with Crippen molar-refractivity contribution in [1.29, 1.82) is 0 Å². The van der Waals surface area contributed by atoms with Gasteiger partial charge in [-0.05, 0) is 12.8 Å². The van der Waals surface area contributed by atoms with Gasteiger partial charge in [-0.15, -0.1) is 11.6 Å². The SMILES string of the molecule is C[CH]C(C(=O)O)C(Cl)CCCC. The standard InChI is InChI=1S/C9H16ClO2/c1-3-5-6-8(10)7(4-2)9(11)12/h4,7-8H,3,5-6H2,1-2H3,(H,11,12). The molecule has 0 aromatic carbocycles. The number of carboxylic acid groups (broad SMARTS) is 1. The molecule has 0 amide bonds. The van der Waals surface area contributed by atoms with E-state index in [0.29, 0.717) is 0 Å². The number of hydrogen-bond donors (Lipinski definition) is 1. The van der Waals surface area contributed by atoms with Gasteiger partial charge in [0.1, 0.15) is 0 Å². The Bertz CT molecular complexity index is 136. The van der Waals surface area contributed by atoms with Crippen LogP contribution in [0.4, 0.5) is 0 Å². The lowest BCUT2D eigenvalue weighted by molar-refractivity contribution is -0.140. The van der Waals surface area contributed by atoms with E-state index >= 15 is 0 Å². The van der Waals surface area contributed by atoms with Crippen molar-refractivity contribution in [2.45, 2.75) is 38.5 Å². The third kappa shape index (κ3) is 3.96. The molecular weight excluding hydrogens is 176 g/mol. The van der Waals surface area contributed by atoms with E-state index in [2.05, 4.69) is 6.92 Å². The third-order valence-corrected chi connectivity index (χ3v) is 2.36. The van der Waals surface area contributed by atoms with Gasteiger partial charge < -0.3 is 5.11 Å². The number of unbranched alkanes of at least 4 members (excludes halogenated alkanes) is 1. The second-order valence-corrected chi connectivity index (χ2v) is 3.42. The Balaban J connectivity index is 3.85. The van der Waals surface area contributed by atoms with Gasteiger partial charge in [-0.1, -0.05) is 26.7 Å². The highest BCUT2D eigenvalue weighted by Crippen LogP contribution is 2.19. The molecule has 2 nitrogen and oxygen atoms in total.